The molecule has 1 fully saturated rings. The zero-order valence-electron chi connectivity index (χ0n) is 14.3. The number of nitrogens with zero attached hydrogens (tertiary/aromatic N) is 1. The highest BCUT2D eigenvalue weighted by Gasteiger charge is 2.34. The van der Waals surface area contributed by atoms with Crippen LogP contribution < -0.4 is 5.32 Å². The number of hydrogen-bond donors (Lipinski definition) is 1. The van der Waals surface area contributed by atoms with Gasteiger partial charge in [-0.15, -0.1) is 0 Å². The van der Waals surface area contributed by atoms with Crippen molar-refractivity contribution in [2.75, 3.05) is 66.8 Å². The highest BCUT2D eigenvalue weighted by molar-refractivity contribution is 4.88. The first-order chi connectivity index (χ1) is 10.1. The Morgan fingerprint density at radius 3 is 2.14 bits per heavy atom. The van der Waals surface area contributed by atoms with E-state index < -0.39 is 0 Å². The summed E-state index contributed by atoms with van der Waals surface area (Å²) in [5.74, 6) is 0. The first-order valence-electron chi connectivity index (χ1n) is 8.13. The summed E-state index contributed by atoms with van der Waals surface area (Å²) in [5.41, 5.74) is 0.310. The van der Waals surface area contributed by atoms with Gasteiger partial charge in [0.25, 0.3) is 0 Å². The predicted molar refractivity (Wildman–Crippen MR) is 85.8 cm³/mol. The molecule has 1 heterocycles. The van der Waals surface area contributed by atoms with E-state index in [1.54, 1.807) is 14.2 Å². The highest BCUT2D eigenvalue weighted by atomic mass is 16.5. The minimum absolute atomic E-state index is 0.310. The third-order valence-electron chi connectivity index (χ3n) is 4.22. The molecule has 0 atom stereocenters. The first-order valence-corrected chi connectivity index (χ1v) is 8.13. The zero-order valence-corrected chi connectivity index (χ0v) is 14.3. The van der Waals surface area contributed by atoms with Crippen molar-refractivity contribution >= 4 is 0 Å². The molecule has 0 amide bonds. The largest absolute Gasteiger partial charge is 0.383 e. The third kappa shape index (κ3) is 7.56. The van der Waals surface area contributed by atoms with Gasteiger partial charge < -0.3 is 19.5 Å². The van der Waals surface area contributed by atoms with E-state index in [-0.39, 0.29) is 0 Å². The number of rotatable bonds is 11. The predicted octanol–water partition coefficient (Wildman–Crippen LogP) is 1.38. The second-order valence-electron chi connectivity index (χ2n) is 6.41. The van der Waals surface area contributed by atoms with Crippen LogP contribution in [-0.2, 0) is 14.2 Å². The number of hydrogen-bond acceptors (Lipinski definition) is 5. The molecule has 0 aromatic heterocycles. The summed E-state index contributed by atoms with van der Waals surface area (Å²) in [5, 5.41) is 3.63. The molecule has 0 aliphatic carbocycles. The maximum absolute atomic E-state index is 5.58. The van der Waals surface area contributed by atoms with Crippen LogP contribution in [0.4, 0.5) is 0 Å². The van der Waals surface area contributed by atoms with Crippen molar-refractivity contribution in [3.05, 3.63) is 0 Å². The van der Waals surface area contributed by atoms with Crippen LogP contribution in [0.15, 0.2) is 0 Å². The van der Waals surface area contributed by atoms with E-state index in [9.17, 15) is 0 Å². The molecular formula is C16H34N2O3. The fourth-order valence-electron chi connectivity index (χ4n) is 2.80. The Hall–Kier alpha value is -0.200. The summed E-state index contributed by atoms with van der Waals surface area (Å²) in [6.07, 6.45) is 2.26. The average molecular weight is 302 g/mol. The van der Waals surface area contributed by atoms with E-state index in [4.69, 9.17) is 14.2 Å². The van der Waals surface area contributed by atoms with E-state index in [0.717, 1.165) is 65.4 Å². The van der Waals surface area contributed by atoms with Gasteiger partial charge in [0.1, 0.15) is 0 Å². The standard InChI is InChI=1S/C16H34N2O3/c1-15(2)17-13-16(5-9-21-10-6-16)14-18(7-11-19-3)8-12-20-4/h15,17H,5-14H2,1-4H3. The molecule has 0 saturated carbocycles. The molecule has 21 heavy (non-hydrogen) atoms. The van der Waals surface area contributed by atoms with Crippen molar-refractivity contribution in [2.24, 2.45) is 5.41 Å². The van der Waals surface area contributed by atoms with Crippen molar-refractivity contribution in [1.82, 2.24) is 10.2 Å². The van der Waals surface area contributed by atoms with Crippen LogP contribution >= 0.6 is 0 Å². The lowest BCUT2D eigenvalue weighted by Crippen LogP contribution is -2.49. The lowest BCUT2D eigenvalue weighted by molar-refractivity contribution is -0.0120. The van der Waals surface area contributed by atoms with Gasteiger partial charge in [-0.1, -0.05) is 13.8 Å². The Bertz CT molecular complexity index is 248. The van der Waals surface area contributed by atoms with Gasteiger partial charge in [0.05, 0.1) is 13.2 Å². The maximum atomic E-state index is 5.58. The van der Waals surface area contributed by atoms with Crippen molar-refractivity contribution in [2.45, 2.75) is 32.7 Å². The van der Waals surface area contributed by atoms with Crippen molar-refractivity contribution < 1.29 is 14.2 Å². The molecule has 1 rings (SSSR count). The fraction of sp³-hybridized carbons (Fsp3) is 1.00. The smallest absolute Gasteiger partial charge is 0.0589 e. The number of ether oxygens (including phenoxy) is 3. The molecule has 0 bridgehead atoms. The average Bonchev–Trinajstić information content (AvgIpc) is 2.49. The minimum Gasteiger partial charge on any atom is -0.383 e. The zero-order chi connectivity index (χ0) is 15.6. The lowest BCUT2D eigenvalue weighted by Gasteiger charge is -2.41. The van der Waals surface area contributed by atoms with Crippen molar-refractivity contribution in [3.8, 4) is 0 Å². The summed E-state index contributed by atoms with van der Waals surface area (Å²) < 4.78 is 16.1. The fourth-order valence-corrected chi connectivity index (χ4v) is 2.80. The molecule has 1 saturated heterocycles. The summed E-state index contributed by atoms with van der Waals surface area (Å²) in [7, 11) is 3.53. The van der Waals surface area contributed by atoms with Gasteiger partial charge >= 0.3 is 0 Å². The Morgan fingerprint density at radius 1 is 1.10 bits per heavy atom. The van der Waals surface area contributed by atoms with Crippen LogP contribution in [0.1, 0.15) is 26.7 Å². The molecule has 126 valence electrons. The van der Waals surface area contributed by atoms with Gasteiger partial charge in [-0.05, 0) is 18.3 Å². The second-order valence-corrected chi connectivity index (χ2v) is 6.41. The van der Waals surface area contributed by atoms with Crippen LogP contribution in [0, 0.1) is 5.41 Å². The lowest BCUT2D eigenvalue weighted by atomic mass is 9.79. The van der Waals surface area contributed by atoms with E-state index >= 15 is 0 Å². The highest BCUT2D eigenvalue weighted by Crippen LogP contribution is 2.31. The molecule has 5 heteroatoms. The molecule has 0 radical (unpaired) electrons. The molecular weight excluding hydrogens is 268 g/mol. The van der Waals surface area contributed by atoms with Crippen molar-refractivity contribution in [3.63, 3.8) is 0 Å². The molecule has 5 nitrogen and oxygen atoms in total. The third-order valence-corrected chi connectivity index (χ3v) is 4.22. The molecule has 0 spiro atoms. The van der Waals surface area contributed by atoms with Gasteiger partial charge in [0, 0.05) is 59.7 Å². The van der Waals surface area contributed by atoms with Gasteiger partial charge in [-0.3, -0.25) is 4.90 Å². The monoisotopic (exact) mass is 302 g/mol. The number of methoxy groups -OCH3 is 2. The number of nitrogens with one attached hydrogen (secondary N) is 1. The summed E-state index contributed by atoms with van der Waals surface area (Å²) in [6.45, 7) is 11.8. The van der Waals surface area contributed by atoms with Crippen LogP contribution in [-0.4, -0.2) is 77.8 Å². The summed E-state index contributed by atoms with van der Waals surface area (Å²) in [6, 6.07) is 0.524. The van der Waals surface area contributed by atoms with E-state index in [0.29, 0.717) is 11.5 Å². The normalized spacial score (nSPS) is 18.6. The van der Waals surface area contributed by atoms with Gasteiger partial charge in [-0.25, -0.2) is 0 Å². The molecule has 1 aliphatic heterocycles. The van der Waals surface area contributed by atoms with Crippen LogP contribution in [0.3, 0.4) is 0 Å². The van der Waals surface area contributed by atoms with E-state index in [1.807, 2.05) is 0 Å². The molecule has 1 N–H and O–H groups in total. The van der Waals surface area contributed by atoms with E-state index in [2.05, 4.69) is 24.1 Å². The Morgan fingerprint density at radius 2 is 1.67 bits per heavy atom. The summed E-state index contributed by atoms with van der Waals surface area (Å²) >= 11 is 0. The molecule has 0 aromatic rings. The van der Waals surface area contributed by atoms with Gasteiger partial charge in [0.15, 0.2) is 0 Å². The maximum Gasteiger partial charge on any atom is 0.0589 e. The van der Waals surface area contributed by atoms with Crippen molar-refractivity contribution in [1.29, 1.82) is 0 Å². The molecule has 0 aromatic carbocycles. The van der Waals surface area contributed by atoms with Crippen LogP contribution in [0.2, 0.25) is 0 Å². The quantitative estimate of drug-likeness (QED) is 0.624. The Kier molecular flexibility index (Phi) is 9.44. The first kappa shape index (κ1) is 18.8. The van der Waals surface area contributed by atoms with Gasteiger partial charge in [-0.2, -0.15) is 0 Å². The van der Waals surface area contributed by atoms with Crippen LogP contribution in [0.25, 0.3) is 0 Å². The molecule has 1 aliphatic rings. The Labute approximate surface area is 130 Å². The molecule has 0 unspecified atom stereocenters. The second kappa shape index (κ2) is 10.5. The Balaban J connectivity index is 2.60. The SMILES string of the molecule is COCCN(CCOC)CC1(CNC(C)C)CCOCC1. The topological polar surface area (TPSA) is 43.0 Å². The minimum atomic E-state index is 0.310. The summed E-state index contributed by atoms with van der Waals surface area (Å²) in [4.78, 5) is 2.47. The van der Waals surface area contributed by atoms with E-state index in [1.165, 1.54) is 0 Å². The van der Waals surface area contributed by atoms with Crippen LogP contribution in [0.5, 0.6) is 0 Å². The van der Waals surface area contributed by atoms with Gasteiger partial charge in [0.2, 0.25) is 0 Å².